The van der Waals surface area contributed by atoms with Gasteiger partial charge in [0.05, 0.1) is 6.61 Å². The van der Waals surface area contributed by atoms with Gasteiger partial charge in [-0.3, -0.25) is 4.79 Å². The smallest absolute Gasteiger partial charge is 0.319 e. The van der Waals surface area contributed by atoms with Crippen molar-refractivity contribution in [3.63, 3.8) is 0 Å². The highest BCUT2D eigenvalue weighted by atomic mass is 16.5. The van der Waals surface area contributed by atoms with E-state index in [-0.39, 0.29) is 17.9 Å². The molecule has 26 heavy (non-hydrogen) atoms. The van der Waals surface area contributed by atoms with Crippen molar-refractivity contribution < 1.29 is 14.3 Å². The molecule has 0 unspecified atom stereocenters. The van der Waals surface area contributed by atoms with E-state index in [0.29, 0.717) is 26.1 Å². The van der Waals surface area contributed by atoms with Crippen molar-refractivity contribution in [2.24, 2.45) is 5.92 Å². The molecule has 1 atom stereocenters. The van der Waals surface area contributed by atoms with E-state index in [2.05, 4.69) is 10.6 Å². The summed E-state index contributed by atoms with van der Waals surface area (Å²) in [5.41, 5.74) is 1.60. The third kappa shape index (κ3) is 4.53. The summed E-state index contributed by atoms with van der Waals surface area (Å²) in [5, 5.41) is 5.62. The fraction of sp³-hybridized carbons (Fsp3) is 0.300. The maximum Gasteiger partial charge on any atom is 0.319 e. The zero-order chi connectivity index (χ0) is 18.4. The quantitative estimate of drug-likeness (QED) is 0.837. The fourth-order valence-corrected chi connectivity index (χ4v) is 2.99. The van der Waals surface area contributed by atoms with Crippen LogP contribution < -0.4 is 20.3 Å². The number of carbonyl (C=O) groups excluding carboxylic acids is 2. The Labute approximate surface area is 153 Å². The summed E-state index contributed by atoms with van der Waals surface area (Å²) in [4.78, 5) is 26.0. The maximum absolute atomic E-state index is 12.3. The molecule has 0 radical (unpaired) electrons. The Bertz CT molecular complexity index is 747. The van der Waals surface area contributed by atoms with Crippen LogP contribution in [0.4, 0.5) is 16.2 Å². The minimum atomic E-state index is -0.261. The Hall–Kier alpha value is -3.02. The van der Waals surface area contributed by atoms with Gasteiger partial charge in [-0.2, -0.15) is 0 Å². The SMILES string of the molecule is CCOc1ccc(N2C[C@H](CNC(=O)Nc3ccccc3)CC2=O)cc1. The van der Waals surface area contributed by atoms with Crippen LogP contribution in [0.15, 0.2) is 54.6 Å². The lowest BCUT2D eigenvalue weighted by Gasteiger charge is -2.17. The van der Waals surface area contributed by atoms with Crippen molar-refractivity contribution in [2.45, 2.75) is 13.3 Å². The first-order chi connectivity index (χ1) is 12.7. The summed E-state index contributed by atoms with van der Waals surface area (Å²) in [6, 6.07) is 16.5. The molecule has 3 amide bonds. The van der Waals surface area contributed by atoms with Gasteiger partial charge in [0, 0.05) is 36.8 Å². The molecule has 1 saturated heterocycles. The molecule has 136 valence electrons. The molecule has 0 saturated carbocycles. The molecule has 1 heterocycles. The standard InChI is InChI=1S/C20H23N3O3/c1-2-26-18-10-8-17(9-11-18)23-14-15(12-19(23)24)13-21-20(25)22-16-6-4-3-5-7-16/h3-11,15H,2,12-14H2,1H3,(H2,21,22,25)/t15-/m0/s1. The number of para-hydroxylation sites is 1. The lowest BCUT2D eigenvalue weighted by molar-refractivity contribution is -0.117. The zero-order valence-corrected chi connectivity index (χ0v) is 14.8. The molecule has 6 nitrogen and oxygen atoms in total. The first-order valence-corrected chi connectivity index (χ1v) is 8.79. The first-order valence-electron chi connectivity index (χ1n) is 8.79. The number of anilines is 2. The number of nitrogens with zero attached hydrogens (tertiary/aromatic N) is 1. The number of urea groups is 1. The topological polar surface area (TPSA) is 70.7 Å². The van der Waals surface area contributed by atoms with Gasteiger partial charge in [-0.05, 0) is 43.3 Å². The number of nitrogens with one attached hydrogen (secondary N) is 2. The van der Waals surface area contributed by atoms with Gasteiger partial charge < -0.3 is 20.3 Å². The first kappa shape index (κ1) is 17.8. The Morgan fingerprint density at radius 3 is 2.58 bits per heavy atom. The van der Waals surface area contributed by atoms with Crippen molar-refractivity contribution >= 4 is 23.3 Å². The van der Waals surface area contributed by atoms with Crippen LogP contribution in [-0.2, 0) is 4.79 Å². The van der Waals surface area contributed by atoms with Crippen molar-refractivity contribution in [1.82, 2.24) is 5.32 Å². The summed E-state index contributed by atoms with van der Waals surface area (Å²) in [5.74, 6) is 0.957. The van der Waals surface area contributed by atoms with Gasteiger partial charge in [-0.1, -0.05) is 18.2 Å². The number of hydrogen-bond acceptors (Lipinski definition) is 3. The minimum Gasteiger partial charge on any atom is -0.494 e. The molecule has 6 heteroatoms. The van der Waals surface area contributed by atoms with E-state index in [4.69, 9.17) is 4.74 Å². The van der Waals surface area contributed by atoms with E-state index in [1.54, 1.807) is 4.90 Å². The number of carbonyl (C=O) groups is 2. The second-order valence-corrected chi connectivity index (χ2v) is 6.20. The highest BCUT2D eigenvalue weighted by Gasteiger charge is 2.30. The molecule has 0 aliphatic carbocycles. The predicted octanol–water partition coefficient (Wildman–Crippen LogP) is 3.26. The van der Waals surface area contributed by atoms with E-state index in [1.165, 1.54) is 0 Å². The molecule has 3 rings (SSSR count). The van der Waals surface area contributed by atoms with E-state index < -0.39 is 0 Å². The molecule has 1 aliphatic rings. The van der Waals surface area contributed by atoms with E-state index in [1.807, 2.05) is 61.5 Å². The maximum atomic E-state index is 12.3. The third-order valence-corrected chi connectivity index (χ3v) is 4.25. The highest BCUT2D eigenvalue weighted by Crippen LogP contribution is 2.26. The molecule has 2 aromatic rings. The van der Waals surface area contributed by atoms with Gasteiger partial charge in [0.1, 0.15) is 5.75 Å². The predicted molar refractivity (Wildman–Crippen MR) is 102 cm³/mol. The molecular weight excluding hydrogens is 330 g/mol. The second kappa shape index (κ2) is 8.38. The van der Waals surface area contributed by atoms with Crippen LogP contribution in [0.2, 0.25) is 0 Å². The van der Waals surface area contributed by atoms with Crippen LogP contribution in [0.1, 0.15) is 13.3 Å². The minimum absolute atomic E-state index is 0.0735. The number of amides is 3. The van der Waals surface area contributed by atoms with E-state index in [0.717, 1.165) is 17.1 Å². The normalized spacial score (nSPS) is 16.4. The Kier molecular flexibility index (Phi) is 5.73. The van der Waals surface area contributed by atoms with Crippen molar-refractivity contribution in [3.8, 4) is 5.75 Å². The van der Waals surface area contributed by atoms with Crippen molar-refractivity contribution in [1.29, 1.82) is 0 Å². The molecule has 1 fully saturated rings. The molecule has 0 aromatic heterocycles. The second-order valence-electron chi connectivity index (χ2n) is 6.20. The van der Waals surface area contributed by atoms with Gasteiger partial charge in [0.2, 0.25) is 5.91 Å². The monoisotopic (exact) mass is 353 g/mol. The molecule has 2 N–H and O–H groups in total. The average Bonchev–Trinajstić information content (AvgIpc) is 3.03. The third-order valence-electron chi connectivity index (χ3n) is 4.25. The summed E-state index contributed by atoms with van der Waals surface area (Å²) >= 11 is 0. The lowest BCUT2D eigenvalue weighted by atomic mass is 10.1. The van der Waals surface area contributed by atoms with Gasteiger partial charge in [-0.15, -0.1) is 0 Å². The number of benzene rings is 2. The van der Waals surface area contributed by atoms with E-state index in [9.17, 15) is 9.59 Å². The zero-order valence-electron chi connectivity index (χ0n) is 14.8. The number of hydrogen-bond donors (Lipinski definition) is 2. The summed E-state index contributed by atoms with van der Waals surface area (Å²) in [6.45, 7) is 3.60. The van der Waals surface area contributed by atoms with Gasteiger partial charge in [0.15, 0.2) is 0 Å². The van der Waals surface area contributed by atoms with E-state index >= 15 is 0 Å². The Morgan fingerprint density at radius 1 is 1.15 bits per heavy atom. The lowest BCUT2D eigenvalue weighted by Crippen LogP contribution is -2.34. The molecule has 0 bridgehead atoms. The molecular formula is C20H23N3O3. The van der Waals surface area contributed by atoms with Crippen LogP contribution >= 0.6 is 0 Å². The van der Waals surface area contributed by atoms with Crippen LogP contribution in [0.5, 0.6) is 5.75 Å². The molecule has 1 aliphatic heterocycles. The number of rotatable bonds is 6. The van der Waals surface area contributed by atoms with Crippen LogP contribution in [0.3, 0.4) is 0 Å². The highest BCUT2D eigenvalue weighted by molar-refractivity contribution is 5.96. The fourth-order valence-electron chi connectivity index (χ4n) is 2.99. The summed E-state index contributed by atoms with van der Waals surface area (Å²) in [6.07, 6.45) is 0.429. The van der Waals surface area contributed by atoms with Crippen LogP contribution in [-0.4, -0.2) is 31.6 Å². The molecule has 2 aromatic carbocycles. The Balaban J connectivity index is 1.50. The number of ether oxygens (including phenoxy) is 1. The van der Waals surface area contributed by atoms with Gasteiger partial charge >= 0.3 is 6.03 Å². The van der Waals surface area contributed by atoms with Crippen molar-refractivity contribution in [2.75, 3.05) is 29.9 Å². The largest absolute Gasteiger partial charge is 0.494 e. The average molecular weight is 353 g/mol. The van der Waals surface area contributed by atoms with Crippen LogP contribution in [0.25, 0.3) is 0 Å². The van der Waals surface area contributed by atoms with Gasteiger partial charge in [0.25, 0.3) is 0 Å². The molecule has 0 spiro atoms. The Morgan fingerprint density at radius 2 is 1.88 bits per heavy atom. The van der Waals surface area contributed by atoms with Gasteiger partial charge in [-0.25, -0.2) is 4.79 Å². The summed E-state index contributed by atoms with van der Waals surface area (Å²) in [7, 11) is 0. The van der Waals surface area contributed by atoms with Crippen LogP contribution in [0, 0.1) is 5.92 Å². The van der Waals surface area contributed by atoms with Crippen molar-refractivity contribution in [3.05, 3.63) is 54.6 Å². The summed E-state index contributed by atoms with van der Waals surface area (Å²) < 4.78 is 5.43.